The lowest BCUT2D eigenvalue weighted by molar-refractivity contribution is -0.150. The summed E-state index contributed by atoms with van der Waals surface area (Å²) in [6.45, 7) is -0.391. The molecule has 0 radical (unpaired) electrons. The molecule has 0 heterocycles. The van der Waals surface area contributed by atoms with Crippen LogP contribution in [0.25, 0.3) is 12.2 Å². The zero-order chi connectivity index (χ0) is 23.0. The number of aromatic hydroxyl groups is 2. The Morgan fingerprint density at radius 3 is 1.97 bits per heavy atom. The van der Waals surface area contributed by atoms with Crippen molar-refractivity contribution >= 4 is 29.7 Å². The first-order chi connectivity index (χ1) is 14.8. The van der Waals surface area contributed by atoms with Gasteiger partial charge in [0.15, 0.2) is 29.0 Å². The number of ether oxygens (including phenoxy) is 2. The summed E-state index contributed by atoms with van der Waals surface area (Å²) in [5.74, 6) is -4.23. The summed E-state index contributed by atoms with van der Waals surface area (Å²) >= 11 is 0. The van der Waals surface area contributed by atoms with Gasteiger partial charge in [-0.3, -0.25) is 14.4 Å². The van der Waals surface area contributed by atoms with E-state index in [0.29, 0.717) is 11.1 Å². The van der Waals surface area contributed by atoms with Gasteiger partial charge in [-0.2, -0.15) is 0 Å². The largest absolute Gasteiger partial charge is 0.508 e. The number of rotatable bonds is 9. The van der Waals surface area contributed by atoms with E-state index in [4.69, 9.17) is 4.74 Å². The molecule has 0 saturated carbocycles. The van der Waals surface area contributed by atoms with E-state index in [0.717, 1.165) is 19.3 Å². The molecule has 0 bridgehead atoms. The Bertz CT molecular complexity index is 960. The summed E-state index contributed by atoms with van der Waals surface area (Å²) < 4.78 is 9.59. The van der Waals surface area contributed by atoms with Crippen LogP contribution in [0, 0.1) is 5.92 Å². The van der Waals surface area contributed by atoms with E-state index in [9.17, 15) is 29.7 Å². The number of benzene rings is 2. The van der Waals surface area contributed by atoms with E-state index in [1.807, 2.05) is 0 Å². The van der Waals surface area contributed by atoms with Crippen molar-refractivity contribution in [2.24, 2.45) is 5.92 Å². The van der Waals surface area contributed by atoms with E-state index in [2.05, 4.69) is 4.74 Å². The normalized spacial score (nSPS) is 12.1. The molecule has 0 saturated heterocycles. The van der Waals surface area contributed by atoms with Crippen molar-refractivity contribution < 1.29 is 39.2 Å². The topological polar surface area (TPSA) is 130 Å². The maximum Gasteiger partial charge on any atom is 0.324 e. The Kier molecular flexibility index (Phi) is 8.10. The van der Waals surface area contributed by atoms with Crippen molar-refractivity contribution in [3.63, 3.8) is 0 Å². The molecule has 0 aliphatic heterocycles. The first kappa shape index (κ1) is 23.4. The third kappa shape index (κ3) is 6.03. The Morgan fingerprint density at radius 2 is 1.45 bits per heavy atom. The molecule has 162 valence electrons. The van der Waals surface area contributed by atoms with Gasteiger partial charge in [0.25, 0.3) is 0 Å². The summed E-state index contributed by atoms with van der Waals surface area (Å²) in [5.41, 5.74) is 1.26. The number of methoxy groups -OCH3 is 2. The Balaban J connectivity index is 2.23. The molecule has 1 unspecified atom stereocenters. The van der Waals surface area contributed by atoms with Gasteiger partial charge in [-0.05, 0) is 47.5 Å². The van der Waals surface area contributed by atoms with Crippen LogP contribution in [0.4, 0.5) is 0 Å². The van der Waals surface area contributed by atoms with Crippen LogP contribution in [0.2, 0.25) is 0 Å². The molecule has 0 spiro atoms. The van der Waals surface area contributed by atoms with Crippen molar-refractivity contribution in [1.82, 2.24) is 0 Å². The summed E-state index contributed by atoms with van der Waals surface area (Å²) in [6.07, 6.45) is 4.87. The fraction of sp³-hybridized carbons (Fsp3) is 0.174. The van der Waals surface area contributed by atoms with Crippen molar-refractivity contribution in [2.75, 3.05) is 14.2 Å². The third-order valence-corrected chi connectivity index (χ3v) is 4.36. The molecule has 2 rings (SSSR count). The first-order valence-corrected chi connectivity index (χ1v) is 9.12. The van der Waals surface area contributed by atoms with Crippen LogP contribution in [0.15, 0.2) is 48.6 Å². The number of carbonyl (C=O) groups is 3. The molecule has 0 fully saturated rings. The predicted molar refractivity (Wildman–Crippen MR) is 112 cm³/mol. The monoisotopic (exact) mass is 426 g/mol. The highest BCUT2D eigenvalue weighted by molar-refractivity contribution is 6.24. The molecule has 8 nitrogen and oxygen atoms in total. The molecule has 3 N–H and O–H groups in total. The first-order valence-electron chi connectivity index (χ1n) is 9.12. The number of phenolic OH excluding ortho intramolecular Hbond substituents is 1. The maximum absolute atomic E-state index is 12.5. The number of hydrogen-bond acceptors (Lipinski definition) is 8. The summed E-state index contributed by atoms with van der Waals surface area (Å²) in [6, 6.07) is 8.72. The molecule has 31 heavy (non-hydrogen) atoms. The second-order valence-corrected chi connectivity index (χ2v) is 6.41. The summed E-state index contributed by atoms with van der Waals surface area (Å²) in [5, 5.41) is 28.4. The molecular formula is C23H22O8. The fourth-order valence-corrected chi connectivity index (χ4v) is 2.67. The number of phenols is 2. The Hall–Kier alpha value is -3.91. The van der Waals surface area contributed by atoms with Gasteiger partial charge in [-0.15, -0.1) is 0 Å². The highest BCUT2D eigenvalue weighted by Gasteiger charge is 2.31. The van der Waals surface area contributed by atoms with Gasteiger partial charge in [0.05, 0.1) is 20.8 Å². The lowest BCUT2D eigenvalue weighted by atomic mass is 9.97. The SMILES string of the molecule is COC(=O)C(C(=O)/C=C/c1ccc(O)c(CO)c1)C(=O)/C=C/c1ccc(O)c(OC)c1. The average Bonchev–Trinajstić information content (AvgIpc) is 2.77. The van der Waals surface area contributed by atoms with Gasteiger partial charge in [0.2, 0.25) is 0 Å². The molecule has 0 aliphatic carbocycles. The highest BCUT2D eigenvalue weighted by Crippen LogP contribution is 2.27. The highest BCUT2D eigenvalue weighted by atomic mass is 16.5. The van der Waals surface area contributed by atoms with Gasteiger partial charge < -0.3 is 24.8 Å². The average molecular weight is 426 g/mol. The number of aliphatic hydroxyl groups is 1. The number of allylic oxidation sites excluding steroid dienone is 2. The molecule has 2 aromatic carbocycles. The third-order valence-electron chi connectivity index (χ3n) is 4.36. The van der Waals surface area contributed by atoms with Gasteiger partial charge in [-0.25, -0.2) is 0 Å². The molecule has 0 aromatic heterocycles. The van der Waals surface area contributed by atoms with E-state index < -0.39 is 30.1 Å². The van der Waals surface area contributed by atoms with Crippen LogP contribution >= 0.6 is 0 Å². The zero-order valence-electron chi connectivity index (χ0n) is 16.9. The van der Waals surface area contributed by atoms with Gasteiger partial charge in [0, 0.05) is 5.56 Å². The van der Waals surface area contributed by atoms with E-state index >= 15 is 0 Å². The van der Waals surface area contributed by atoms with Crippen molar-refractivity contribution in [1.29, 1.82) is 0 Å². The van der Waals surface area contributed by atoms with Crippen LogP contribution < -0.4 is 4.74 Å². The fourth-order valence-electron chi connectivity index (χ4n) is 2.67. The van der Waals surface area contributed by atoms with Crippen LogP contribution in [0.5, 0.6) is 17.2 Å². The number of esters is 1. The van der Waals surface area contributed by atoms with Gasteiger partial charge >= 0.3 is 5.97 Å². The second kappa shape index (κ2) is 10.7. The summed E-state index contributed by atoms with van der Waals surface area (Å²) in [7, 11) is 2.45. The smallest absolute Gasteiger partial charge is 0.324 e. The van der Waals surface area contributed by atoms with E-state index in [-0.39, 0.29) is 22.8 Å². The molecular weight excluding hydrogens is 404 g/mol. The van der Waals surface area contributed by atoms with E-state index in [1.54, 1.807) is 0 Å². The molecule has 2 aromatic rings. The molecule has 0 aliphatic rings. The van der Waals surface area contributed by atoms with Gasteiger partial charge in [-0.1, -0.05) is 24.3 Å². The quantitative estimate of drug-likeness (QED) is 0.316. The van der Waals surface area contributed by atoms with Crippen LogP contribution in [-0.2, 0) is 25.7 Å². The van der Waals surface area contributed by atoms with Crippen LogP contribution in [0.1, 0.15) is 16.7 Å². The standard InChI is InChI=1S/C23H22O8/c1-30-21-12-15(4-8-18(21)26)6-10-20(28)22(23(29)31-2)19(27)9-5-14-3-7-17(25)16(11-14)13-24/h3-12,22,24-26H,13H2,1-2H3/b9-5+,10-6+. The predicted octanol–water partition coefficient (Wildman–Crippen LogP) is 2.25. The summed E-state index contributed by atoms with van der Waals surface area (Å²) in [4.78, 5) is 37.1. The van der Waals surface area contributed by atoms with E-state index in [1.165, 1.54) is 55.7 Å². The Labute approximate surface area is 178 Å². The van der Waals surface area contributed by atoms with Crippen molar-refractivity contribution in [2.45, 2.75) is 6.61 Å². The number of aliphatic hydroxyl groups excluding tert-OH is 1. The minimum Gasteiger partial charge on any atom is -0.508 e. The number of hydrogen-bond donors (Lipinski definition) is 3. The van der Waals surface area contributed by atoms with Crippen LogP contribution in [-0.4, -0.2) is 47.1 Å². The maximum atomic E-state index is 12.5. The number of carbonyl (C=O) groups excluding carboxylic acids is 3. The molecule has 8 heteroatoms. The van der Waals surface area contributed by atoms with Crippen molar-refractivity contribution in [3.05, 3.63) is 65.2 Å². The van der Waals surface area contributed by atoms with Gasteiger partial charge in [0.1, 0.15) is 5.75 Å². The molecule has 1 atom stereocenters. The molecule has 0 amide bonds. The number of ketones is 2. The zero-order valence-corrected chi connectivity index (χ0v) is 16.9. The lowest BCUT2D eigenvalue weighted by Crippen LogP contribution is -2.30. The van der Waals surface area contributed by atoms with Crippen molar-refractivity contribution in [3.8, 4) is 17.2 Å². The lowest BCUT2D eigenvalue weighted by Gasteiger charge is -2.08. The minimum absolute atomic E-state index is 0.0719. The minimum atomic E-state index is -1.69. The van der Waals surface area contributed by atoms with Crippen LogP contribution in [0.3, 0.4) is 0 Å². The second-order valence-electron chi connectivity index (χ2n) is 6.41. The Morgan fingerprint density at radius 1 is 0.903 bits per heavy atom.